The lowest BCUT2D eigenvalue weighted by Crippen LogP contribution is -2.29. The van der Waals surface area contributed by atoms with Crippen molar-refractivity contribution < 1.29 is 0 Å². The zero-order valence-corrected chi connectivity index (χ0v) is 10.3. The van der Waals surface area contributed by atoms with Gasteiger partial charge in [0.15, 0.2) is 0 Å². The summed E-state index contributed by atoms with van der Waals surface area (Å²) in [5, 5.41) is 3.37. The SMILES string of the molecule is CC#CCNC(CN)c1c(C)cccc1C. The first-order valence-corrected chi connectivity index (χ1v) is 5.59. The van der Waals surface area contributed by atoms with E-state index in [9.17, 15) is 0 Å². The molecule has 1 unspecified atom stereocenters. The molecule has 16 heavy (non-hydrogen) atoms. The van der Waals surface area contributed by atoms with Crippen LogP contribution in [0, 0.1) is 25.7 Å². The Bertz CT molecular complexity index is 379. The van der Waals surface area contributed by atoms with Crippen molar-refractivity contribution in [2.45, 2.75) is 26.8 Å². The van der Waals surface area contributed by atoms with Crippen LogP contribution in [0.1, 0.15) is 29.7 Å². The average Bonchev–Trinajstić information content (AvgIpc) is 2.26. The summed E-state index contributed by atoms with van der Waals surface area (Å²) in [6.07, 6.45) is 0. The number of hydrogen-bond donors (Lipinski definition) is 2. The van der Waals surface area contributed by atoms with Crippen LogP contribution in [0.5, 0.6) is 0 Å². The monoisotopic (exact) mass is 216 g/mol. The maximum atomic E-state index is 5.81. The van der Waals surface area contributed by atoms with Crippen LogP contribution in [0.4, 0.5) is 0 Å². The van der Waals surface area contributed by atoms with Gasteiger partial charge in [0.05, 0.1) is 6.54 Å². The summed E-state index contributed by atoms with van der Waals surface area (Å²) in [4.78, 5) is 0. The van der Waals surface area contributed by atoms with Gasteiger partial charge in [-0.25, -0.2) is 0 Å². The van der Waals surface area contributed by atoms with Crippen LogP contribution in [0.3, 0.4) is 0 Å². The van der Waals surface area contributed by atoms with Crippen molar-refractivity contribution in [3.05, 3.63) is 34.9 Å². The lowest BCUT2D eigenvalue weighted by atomic mass is 9.96. The number of nitrogens with one attached hydrogen (secondary N) is 1. The highest BCUT2D eigenvalue weighted by Crippen LogP contribution is 2.20. The standard InChI is InChI=1S/C14H20N2/c1-4-5-9-16-13(10-15)14-11(2)7-6-8-12(14)3/h6-8,13,16H,9-10,15H2,1-3H3. The third-order valence-corrected chi connectivity index (χ3v) is 2.74. The molecule has 86 valence electrons. The maximum absolute atomic E-state index is 5.81. The minimum absolute atomic E-state index is 0.196. The van der Waals surface area contributed by atoms with Crippen LogP contribution in [0.15, 0.2) is 18.2 Å². The maximum Gasteiger partial charge on any atom is 0.0581 e. The fraction of sp³-hybridized carbons (Fsp3) is 0.429. The first-order chi connectivity index (χ1) is 7.70. The Morgan fingerprint density at radius 2 is 1.94 bits per heavy atom. The van der Waals surface area contributed by atoms with E-state index in [4.69, 9.17) is 5.73 Å². The molecule has 2 nitrogen and oxygen atoms in total. The molecule has 0 heterocycles. The van der Waals surface area contributed by atoms with Gasteiger partial charge >= 0.3 is 0 Å². The van der Waals surface area contributed by atoms with Crippen LogP contribution in [-0.4, -0.2) is 13.1 Å². The van der Waals surface area contributed by atoms with Crippen LogP contribution in [0.25, 0.3) is 0 Å². The predicted molar refractivity (Wildman–Crippen MR) is 69.2 cm³/mol. The summed E-state index contributed by atoms with van der Waals surface area (Å²) in [6.45, 7) is 7.37. The number of aryl methyl sites for hydroxylation is 2. The molecule has 1 rings (SSSR count). The van der Waals surface area contributed by atoms with Crippen molar-refractivity contribution in [2.24, 2.45) is 5.73 Å². The van der Waals surface area contributed by atoms with Gasteiger partial charge in [0.1, 0.15) is 0 Å². The van der Waals surface area contributed by atoms with Crippen molar-refractivity contribution in [1.29, 1.82) is 0 Å². The smallest absolute Gasteiger partial charge is 0.0581 e. The second-order valence-corrected chi connectivity index (χ2v) is 3.90. The Balaban J connectivity index is 2.88. The van der Waals surface area contributed by atoms with Gasteiger partial charge in [-0.2, -0.15) is 0 Å². The Morgan fingerprint density at radius 3 is 2.44 bits per heavy atom. The highest BCUT2D eigenvalue weighted by atomic mass is 14.9. The molecule has 2 heteroatoms. The molecule has 0 aliphatic carbocycles. The Kier molecular flexibility index (Phi) is 5.04. The van der Waals surface area contributed by atoms with Crippen molar-refractivity contribution in [1.82, 2.24) is 5.32 Å². The molecule has 0 amide bonds. The van der Waals surface area contributed by atoms with Crippen molar-refractivity contribution in [3.63, 3.8) is 0 Å². The second-order valence-electron chi connectivity index (χ2n) is 3.90. The Morgan fingerprint density at radius 1 is 1.31 bits per heavy atom. The van der Waals surface area contributed by atoms with Crippen molar-refractivity contribution in [3.8, 4) is 11.8 Å². The summed E-state index contributed by atoms with van der Waals surface area (Å²) in [6, 6.07) is 6.52. The molecule has 0 saturated heterocycles. The van der Waals surface area contributed by atoms with E-state index < -0.39 is 0 Å². The minimum atomic E-state index is 0.196. The van der Waals surface area contributed by atoms with Crippen LogP contribution in [0.2, 0.25) is 0 Å². The largest absolute Gasteiger partial charge is 0.329 e. The molecule has 0 aromatic heterocycles. The summed E-state index contributed by atoms with van der Waals surface area (Å²) >= 11 is 0. The summed E-state index contributed by atoms with van der Waals surface area (Å²) in [7, 11) is 0. The summed E-state index contributed by atoms with van der Waals surface area (Å²) in [5.74, 6) is 5.88. The van der Waals surface area contributed by atoms with E-state index in [1.807, 2.05) is 6.92 Å². The zero-order valence-electron chi connectivity index (χ0n) is 10.3. The van der Waals surface area contributed by atoms with Gasteiger partial charge in [-0.1, -0.05) is 24.1 Å². The molecule has 0 radical (unpaired) electrons. The van der Waals surface area contributed by atoms with Gasteiger partial charge in [0, 0.05) is 12.6 Å². The highest BCUT2D eigenvalue weighted by molar-refractivity contribution is 5.36. The van der Waals surface area contributed by atoms with Crippen LogP contribution in [-0.2, 0) is 0 Å². The Hall–Kier alpha value is -1.30. The fourth-order valence-corrected chi connectivity index (χ4v) is 1.94. The zero-order chi connectivity index (χ0) is 12.0. The number of nitrogens with two attached hydrogens (primary N) is 1. The fourth-order valence-electron chi connectivity index (χ4n) is 1.94. The van der Waals surface area contributed by atoms with Gasteiger partial charge < -0.3 is 5.73 Å². The topological polar surface area (TPSA) is 38.0 Å². The van der Waals surface area contributed by atoms with E-state index in [1.54, 1.807) is 0 Å². The Labute approximate surface area is 98.2 Å². The average molecular weight is 216 g/mol. The molecule has 0 aliphatic heterocycles. The predicted octanol–water partition coefficient (Wildman–Crippen LogP) is 1.92. The first-order valence-electron chi connectivity index (χ1n) is 5.59. The molecule has 0 bridgehead atoms. The third kappa shape index (κ3) is 3.10. The lowest BCUT2D eigenvalue weighted by molar-refractivity contribution is 0.576. The molecule has 1 atom stereocenters. The highest BCUT2D eigenvalue weighted by Gasteiger charge is 2.12. The van der Waals surface area contributed by atoms with E-state index in [0.717, 1.165) is 0 Å². The normalized spacial score (nSPS) is 11.8. The molecule has 0 saturated carbocycles. The molecular formula is C14H20N2. The molecule has 3 N–H and O–H groups in total. The van der Waals surface area contributed by atoms with Gasteiger partial charge in [-0.15, -0.1) is 5.92 Å². The summed E-state index contributed by atoms with van der Waals surface area (Å²) < 4.78 is 0. The van der Waals surface area contributed by atoms with E-state index in [0.29, 0.717) is 13.1 Å². The van der Waals surface area contributed by atoms with Crippen molar-refractivity contribution in [2.75, 3.05) is 13.1 Å². The van der Waals surface area contributed by atoms with E-state index in [2.05, 4.69) is 49.2 Å². The van der Waals surface area contributed by atoms with E-state index in [-0.39, 0.29) is 6.04 Å². The molecule has 0 spiro atoms. The molecule has 0 fully saturated rings. The molecule has 0 aliphatic rings. The van der Waals surface area contributed by atoms with Crippen LogP contribution >= 0.6 is 0 Å². The van der Waals surface area contributed by atoms with Crippen molar-refractivity contribution >= 4 is 0 Å². The number of benzene rings is 1. The van der Waals surface area contributed by atoms with Gasteiger partial charge in [0.25, 0.3) is 0 Å². The minimum Gasteiger partial charge on any atom is -0.329 e. The quantitative estimate of drug-likeness (QED) is 0.755. The number of hydrogen-bond acceptors (Lipinski definition) is 2. The second kappa shape index (κ2) is 6.32. The molecule has 1 aromatic carbocycles. The number of rotatable bonds is 4. The molecular weight excluding hydrogens is 196 g/mol. The van der Waals surface area contributed by atoms with Gasteiger partial charge in [-0.3, -0.25) is 5.32 Å². The summed E-state index contributed by atoms with van der Waals surface area (Å²) in [5.41, 5.74) is 9.69. The van der Waals surface area contributed by atoms with E-state index >= 15 is 0 Å². The molecule has 1 aromatic rings. The van der Waals surface area contributed by atoms with E-state index in [1.165, 1.54) is 16.7 Å². The van der Waals surface area contributed by atoms with Gasteiger partial charge in [-0.05, 0) is 37.5 Å². The van der Waals surface area contributed by atoms with Crippen LogP contribution < -0.4 is 11.1 Å². The third-order valence-electron chi connectivity index (χ3n) is 2.74. The lowest BCUT2D eigenvalue weighted by Gasteiger charge is -2.20. The first kappa shape index (κ1) is 12.8. The van der Waals surface area contributed by atoms with Gasteiger partial charge in [0.2, 0.25) is 0 Å².